The van der Waals surface area contributed by atoms with E-state index in [2.05, 4.69) is 5.32 Å². The van der Waals surface area contributed by atoms with Crippen LogP contribution in [0.3, 0.4) is 0 Å². The summed E-state index contributed by atoms with van der Waals surface area (Å²) in [5, 5.41) is 13.9. The number of hydrogen-bond donors (Lipinski definition) is 2. The molecule has 2 nitrogen and oxygen atoms in total. The fourth-order valence-electron chi connectivity index (χ4n) is 2.98. The van der Waals surface area contributed by atoms with E-state index >= 15 is 0 Å². The molecule has 1 aliphatic carbocycles. The first-order valence-electron chi connectivity index (χ1n) is 5.67. The summed E-state index contributed by atoms with van der Waals surface area (Å²) in [7, 11) is 0. The molecule has 1 aliphatic heterocycles. The van der Waals surface area contributed by atoms with Gasteiger partial charge in [-0.05, 0) is 45.1 Å². The van der Waals surface area contributed by atoms with Crippen molar-refractivity contribution in [1.82, 2.24) is 5.32 Å². The SMILES string of the molecule is C[C@](O)(C1CCCC1)[C@H]1CCCN1. The minimum Gasteiger partial charge on any atom is -0.388 e. The van der Waals surface area contributed by atoms with Gasteiger partial charge in [-0.15, -0.1) is 0 Å². The molecule has 13 heavy (non-hydrogen) atoms. The summed E-state index contributed by atoms with van der Waals surface area (Å²) in [6, 6.07) is 0.357. The van der Waals surface area contributed by atoms with Crippen LogP contribution in [0.15, 0.2) is 0 Å². The predicted octanol–water partition coefficient (Wildman–Crippen LogP) is 1.68. The fourth-order valence-corrected chi connectivity index (χ4v) is 2.98. The molecular formula is C11H21NO. The highest BCUT2D eigenvalue weighted by molar-refractivity contribution is 4.97. The van der Waals surface area contributed by atoms with Crippen molar-refractivity contribution < 1.29 is 5.11 Å². The van der Waals surface area contributed by atoms with Crippen molar-refractivity contribution in [3.63, 3.8) is 0 Å². The molecule has 76 valence electrons. The van der Waals surface area contributed by atoms with Crippen LogP contribution < -0.4 is 5.32 Å². The van der Waals surface area contributed by atoms with Crippen LogP contribution >= 0.6 is 0 Å². The van der Waals surface area contributed by atoms with Crippen LogP contribution in [0.25, 0.3) is 0 Å². The van der Waals surface area contributed by atoms with Crippen LogP contribution in [0.1, 0.15) is 45.4 Å². The Labute approximate surface area is 80.7 Å². The highest BCUT2D eigenvalue weighted by Crippen LogP contribution is 2.37. The van der Waals surface area contributed by atoms with Crippen molar-refractivity contribution in [1.29, 1.82) is 0 Å². The molecule has 2 fully saturated rings. The fraction of sp³-hybridized carbons (Fsp3) is 1.00. The molecule has 0 unspecified atom stereocenters. The van der Waals surface area contributed by atoms with Gasteiger partial charge in [0.05, 0.1) is 5.60 Å². The van der Waals surface area contributed by atoms with Gasteiger partial charge in [-0.1, -0.05) is 12.8 Å². The van der Waals surface area contributed by atoms with Gasteiger partial charge in [0, 0.05) is 6.04 Å². The van der Waals surface area contributed by atoms with E-state index in [0.717, 1.165) is 13.0 Å². The first-order chi connectivity index (χ1) is 6.21. The normalized spacial score (nSPS) is 35.1. The zero-order valence-electron chi connectivity index (χ0n) is 8.55. The van der Waals surface area contributed by atoms with E-state index in [1.165, 1.54) is 32.1 Å². The highest BCUT2D eigenvalue weighted by atomic mass is 16.3. The maximum atomic E-state index is 10.5. The molecule has 2 rings (SSSR count). The van der Waals surface area contributed by atoms with Crippen LogP contribution in [0, 0.1) is 5.92 Å². The summed E-state index contributed by atoms with van der Waals surface area (Å²) in [5.41, 5.74) is -0.451. The second kappa shape index (κ2) is 3.58. The molecule has 0 radical (unpaired) electrons. The van der Waals surface area contributed by atoms with Gasteiger partial charge in [0.25, 0.3) is 0 Å². The van der Waals surface area contributed by atoms with E-state index in [0.29, 0.717) is 12.0 Å². The van der Waals surface area contributed by atoms with Gasteiger partial charge in [-0.3, -0.25) is 0 Å². The minimum absolute atomic E-state index is 0.357. The Balaban J connectivity index is 1.99. The van der Waals surface area contributed by atoms with Crippen LogP contribution in [-0.2, 0) is 0 Å². The van der Waals surface area contributed by atoms with E-state index in [1.807, 2.05) is 6.92 Å². The van der Waals surface area contributed by atoms with Gasteiger partial charge in [-0.25, -0.2) is 0 Å². The number of nitrogens with one attached hydrogen (secondary N) is 1. The first-order valence-corrected chi connectivity index (χ1v) is 5.67. The Morgan fingerprint density at radius 3 is 2.38 bits per heavy atom. The summed E-state index contributed by atoms with van der Waals surface area (Å²) in [4.78, 5) is 0. The van der Waals surface area contributed by atoms with Gasteiger partial charge >= 0.3 is 0 Å². The average Bonchev–Trinajstić information content (AvgIpc) is 2.78. The largest absolute Gasteiger partial charge is 0.388 e. The Hall–Kier alpha value is -0.0800. The summed E-state index contributed by atoms with van der Waals surface area (Å²) in [6.45, 7) is 3.12. The number of hydrogen-bond acceptors (Lipinski definition) is 2. The summed E-state index contributed by atoms with van der Waals surface area (Å²) in [5.74, 6) is 0.545. The lowest BCUT2D eigenvalue weighted by Crippen LogP contribution is -2.50. The smallest absolute Gasteiger partial charge is 0.0799 e. The Kier molecular flexibility index (Phi) is 2.61. The Morgan fingerprint density at radius 1 is 1.15 bits per heavy atom. The molecule has 2 atom stereocenters. The molecule has 0 amide bonds. The zero-order chi connectivity index (χ0) is 9.31. The van der Waals surface area contributed by atoms with Crippen molar-refractivity contribution in [2.24, 2.45) is 5.92 Å². The van der Waals surface area contributed by atoms with Crippen LogP contribution in [0.4, 0.5) is 0 Å². The lowest BCUT2D eigenvalue weighted by Gasteiger charge is -2.35. The molecule has 0 aromatic heterocycles. The number of aliphatic hydroxyl groups is 1. The van der Waals surface area contributed by atoms with E-state index in [-0.39, 0.29) is 0 Å². The standard InChI is InChI=1S/C11H21NO/c1-11(13,9-5-2-3-6-9)10-7-4-8-12-10/h9-10,12-13H,2-8H2,1H3/t10-,11+/m1/s1. The van der Waals surface area contributed by atoms with Crippen LogP contribution in [0.2, 0.25) is 0 Å². The number of rotatable bonds is 2. The third kappa shape index (κ3) is 1.75. The summed E-state index contributed by atoms with van der Waals surface area (Å²) < 4.78 is 0. The minimum atomic E-state index is -0.451. The average molecular weight is 183 g/mol. The molecule has 1 saturated carbocycles. The van der Waals surface area contributed by atoms with Gasteiger partial charge < -0.3 is 10.4 Å². The highest BCUT2D eigenvalue weighted by Gasteiger charge is 2.41. The molecule has 1 heterocycles. The molecule has 1 saturated heterocycles. The molecule has 2 N–H and O–H groups in total. The lowest BCUT2D eigenvalue weighted by atomic mass is 9.81. The monoisotopic (exact) mass is 183 g/mol. The summed E-state index contributed by atoms with van der Waals surface area (Å²) in [6.07, 6.45) is 7.47. The van der Waals surface area contributed by atoms with Crippen LogP contribution in [-0.4, -0.2) is 23.3 Å². The second-order valence-corrected chi connectivity index (χ2v) is 4.86. The Bertz CT molecular complexity index is 149. The molecule has 0 bridgehead atoms. The predicted molar refractivity (Wildman–Crippen MR) is 53.6 cm³/mol. The van der Waals surface area contributed by atoms with Gasteiger partial charge in [-0.2, -0.15) is 0 Å². The van der Waals surface area contributed by atoms with Gasteiger partial charge in [0.1, 0.15) is 0 Å². The molecular weight excluding hydrogens is 162 g/mol. The van der Waals surface area contributed by atoms with E-state index in [4.69, 9.17) is 0 Å². The quantitative estimate of drug-likeness (QED) is 0.682. The van der Waals surface area contributed by atoms with Gasteiger partial charge in [0.2, 0.25) is 0 Å². The molecule has 0 spiro atoms. The third-order valence-corrected chi connectivity index (χ3v) is 3.95. The van der Waals surface area contributed by atoms with E-state index < -0.39 is 5.60 Å². The Morgan fingerprint density at radius 2 is 1.85 bits per heavy atom. The maximum Gasteiger partial charge on any atom is 0.0799 e. The van der Waals surface area contributed by atoms with Gasteiger partial charge in [0.15, 0.2) is 0 Å². The van der Waals surface area contributed by atoms with Crippen molar-refractivity contribution in [2.45, 2.75) is 57.1 Å². The van der Waals surface area contributed by atoms with Crippen molar-refractivity contribution in [3.05, 3.63) is 0 Å². The molecule has 0 aromatic rings. The molecule has 2 aliphatic rings. The van der Waals surface area contributed by atoms with Crippen molar-refractivity contribution in [2.75, 3.05) is 6.54 Å². The molecule has 0 aromatic carbocycles. The second-order valence-electron chi connectivity index (χ2n) is 4.86. The van der Waals surface area contributed by atoms with Crippen molar-refractivity contribution >= 4 is 0 Å². The maximum absolute atomic E-state index is 10.5. The summed E-state index contributed by atoms with van der Waals surface area (Å²) >= 11 is 0. The lowest BCUT2D eigenvalue weighted by molar-refractivity contribution is -0.0276. The molecule has 2 heteroatoms. The zero-order valence-corrected chi connectivity index (χ0v) is 8.55. The van der Waals surface area contributed by atoms with E-state index in [1.54, 1.807) is 0 Å². The third-order valence-electron chi connectivity index (χ3n) is 3.95. The van der Waals surface area contributed by atoms with E-state index in [9.17, 15) is 5.11 Å². The van der Waals surface area contributed by atoms with Crippen LogP contribution in [0.5, 0.6) is 0 Å². The van der Waals surface area contributed by atoms with Crippen molar-refractivity contribution in [3.8, 4) is 0 Å². The first kappa shape index (κ1) is 9.47. The topological polar surface area (TPSA) is 32.3 Å².